The molecule has 8 heteroatoms. The molecule has 0 aromatic heterocycles. The molecule has 40 heavy (non-hydrogen) atoms. The van der Waals surface area contributed by atoms with Crippen molar-refractivity contribution in [3.05, 3.63) is 11.6 Å². The van der Waals surface area contributed by atoms with Crippen molar-refractivity contribution < 1.29 is 38.0 Å². The number of carbonyl (C=O) groups is 2. The van der Waals surface area contributed by atoms with Gasteiger partial charge in [0.15, 0.2) is 0 Å². The minimum absolute atomic E-state index is 0.0324. The molecule has 0 radical (unpaired) electrons. The maximum atomic E-state index is 12.5. The Kier molecular flexibility index (Phi) is 5.70. The minimum Gasteiger partial charge on any atom is -0.458 e. The number of esters is 2. The van der Waals surface area contributed by atoms with E-state index in [1.54, 1.807) is 0 Å². The molecular weight excluding hydrogens is 512 g/mol. The molecule has 4 heterocycles. The Bertz CT molecular complexity index is 1160. The van der Waals surface area contributed by atoms with Crippen LogP contribution in [0.1, 0.15) is 93.9 Å². The van der Waals surface area contributed by atoms with E-state index in [9.17, 15) is 9.59 Å². The zero-order chi connectivity index (χ0) is 28.6. The van der Waals surface area contributed by atoms with Gasteiger partial charge in [-0.1, -0.05) is 33.3 Å². The van der Waals surface area contributed by atoms with Gasteiger partial charge in [-0.25, -0.2) is 0 Å². The molecule has 0 N–H and O–H groups in total. The average molecular weight is 559 g/mol. The van der Waals surface area contributed by atoms with E-state index in [0.717, 1.165) is 19.3 Å². The van der Waals surface area contributed by atoms with E-state index >= 15 is 0 Å². The number of hydrogen-bond acceptors (Lipinski definition) is 8. The van der Waals surface area contributed by atoms with Crippen LogP contribution in [-0.2, 0) is 38.0 Å². The lowest BCUT2D eigenvalue weighted by Crippen LogP contribution is -2.58. The van der Waals surface area contributed by atoms with Gasteiger partial charge in [0.05, 0.1) is 17.8 Å². The monoisotopic (exact) mass is 558 g/mol. The Balaban J connectivity index is 1.24. The summed E-state index contributed by atoms with van der Waals surface area (Å²) < 4.78 is 38.2. The molecule has 0 aromatic carbocycles. The Morgan fingerprint density at radius 1 is 1.18 bits per heavy atom. The normalized spacial score (nSPS) is 54.2. The summed E-state index contributed by atoms with van der Waals surface area (Å²) in [6.45, 7) is 16.7. The smallest absolute Gasteiger partial charge is 0.306 e. The highest BCUT2D eigenvalue weighted by Gasteiger charge is 2.74. The van der Waals surface area contributed by atoms with Crippen molar-refractivity contribution in [2.24, 2.45) is 35.0 Å². The van der Waals surface area contributed by atoms with E-state index in [4.69, 9.17) is 28.4 Å². The standard InChI is InChI=1S/C32H46O8/c1-9-32-37-22(15-29(7,40-32)28(5,6)39-32)16(2)20-10-11-21-25-19(14-23(30(20,21)8)35-18(4)33)17(3)31(27-26(25)36-27)13-12-24(34)38-31/h14,16-17,20-23,25-27H,9-13,15H2,1-8H3/t16-,17-,20+,21-,22+,23-,25+,26-,27-,29+,30+,31+,32-/m0/s1. The first-order chi connectivity index (χ1) is 18.7. The van der Waals surface area contributed by atoms with Crippen molar-refractivity contribution in [1.82, 2.24) is 0 Å². The Hall–Kier alpha value is -1.48. The van der Waals surface area contributed by atoms with E-state index in [2.05, 4.69) is 54.5 Å². The van der Waals surface area contributed by atoms with Gasteiger partial charge in [0.1, 0.15) is 23.4 Å². The molecule has 0 unspecified atom stereocenters. The molecular formula is C32H46O8. The fourth-order valence-electron chi connectivity index (χ4n) is 10.2. The first-order valence-corrected chi connectivity index (χ1v) is 15.5. The molecule has 6 fully saturated rings. The van der Waals surface area contributed by atoms with Crippen molar-refractivity contribution in [3.63, 3.8) is 0 Å². The van der Waals surface area contributed by atoms with Gasteiger partial charge in [-0.2, -0.15) is 0 Å². The second kappa shape index (κ2) is 8.33. The summed E-state index contributed by atoms with van der Waals surface area (Å²) in [6.07, 6.45) is 6.40. The Morgan fingerprint density at radius 2 is 1.93 bits per heavy atom. The largest absolute Gasteiger partial charge is 0.458 e. The zero-order valence-electron chi connectivity index (χ0n) is 25.3. The van der Waals surface area contributed by atoms with Crippen LogP contribution in [0.15, 0.2) is 11.6 Å². The second-order valence-corrected chi connectivity index (χ2v) is 14.8. The fourth-order valence-corrected chi connectivity index (χ4v) is 10.2. The Labute approximate surface area is 237 Å². The summed E-state index contributed by atoms with van der Waals surface area (Å²) in [5.74, 6) is -0.372. The van der Waals surface area contributed by atoms with Gasteiger partial charge in [0.25, 0.3) is 5.97 Å². The molecule has 2 bridgehead atoms. The number of fused-ring (bicyclic) bond motifs is 8. The average Bonchev–Trinajstić information content (AvgIpc) is 3.42. The van der Waals surface area contributed by atoms with Gasteiger partial charge >= 0.3 is 11.9 Å². The highest BCUT2D eigenvalue weighted by atomic mass is 16.9. The van der Waals surface area contributed by atoms with Crippen LogP contribution in [0, 0.1) is 35.0 Å². The van der Waals surface area contributed by atoms with E-state index in [1.807, 2.05) is 0 Å². The number of carbonyl (C=O) groups excluding carboxylic acids is 2. The summed E-state index contributed by atoms with van der Waals surface area (Å²) in [5.41, 5.74) is -0.518. The van der Waals surface area contributed by atoms with Gasteiger partial charge in [0, 0.05) is 49.9 Å². The van der Waals surface area contributed by atoms with Crippen molar-refractivity contribution in [3.8, 4) is 0 Å². The molecule has 7 aliphatic rings. The third-order valence-corrected chi connectivity index (χ3v) is 12.7. The molecule has 4 saturated heterocycles. The van der Waals surface area contributed by atoms with Gasteiger partial charge in [-0.15, -0.1) is 0 Å². The quantitative estimate of drug-likeness (QED) is 0.268. The van der Waals surface area contributed by atoms with Crippen molar-refractivity contribution in [2.45, 2.75) is 141 Å². The van der Waals surface area contributed by atoms with E-state index in [-0.39, 0.29) is 65.4 Å². The van der Waals surface area contributed by atoms with E-state index in [1.165, 1.54) is 12.5 Å². The van der Waals surface area contributed by atoms with Crippen molar-refractivity contribution in [2.75, 3.05) is 0 Å². The second-order valence-electron chi connectivity index (χ2n) is 14.8. The molecule has 2 saturated carbocycles. The van der Waals surface area contributed by atoms with Crippen LogP contribution >= 0.6 is 0 Å². The van der Waals surface area contributed by atoms with Crippen LogP contribution in [-0.4, -0.2) is 59.1 Å². The maximum Gasteiger partial charge on any atom is 0.306 e. The van der Waals surface area contributed by atoms with Crippen LogP contribution in [0.3, 0.4) is 0 Å². The van der Waals surface area contributed by atoms with Gasteiger partial charge in [-0.3, -0.25) is 9.59 Å². The van der Waals surface area contributed by atoms with Gasteiger partial charge in [-0.05, 0) is 57.4 Å². The third kappa shape index (κ3) is 3.39. The van der Waals surface area contributed by atoms with Crippen LogP contribution in [0.4, 0.5) is 0 Å². The molecule has 1 spiro atoms. The lowest BCUT2D eigenvalue weighted by atomic mass is 9.52. The zero-order valence-corrected chi connectivity index (χ0v) is 25.3. The molecule has 13 atom stereocenters. The first kappa shape index (κ1) is 27.4. The summed E-state index contributed by atoms with van der Waals surface area (Å²) >= 11 is 0. The number of hydrogen-bond donors (Lipinski definition) is 0. The molecule has 4 aliphatic heterocycles. The highest BCUT2D eigenvalue weighted by Crippen LogP contribution is 2.69. The molecule has 7 rings (SSSR count). The predicted octanol–water partition coefficient (Wildman–Crippen LogP) is 5.07. The number of rotatable bonds is 4. The topological polar surface area (TPSA) is 92.8 Å². The predicted molar refractivity (Wildman–Crippen MR) is 144 cm³/mol. The summed E-state index contributed by atoms with van der Waals surface area (Å²) in [4.78, 5) is 24.8. The molecule has 0 amide bonds. The highest BCUT2D eigenvalue weighted by molar-refractivity contribution is 5.73. The number of epoxide rings is 1. The van der Waals surface area contributed by atoms with Crippen LogP contribution in [0.5, 0.6) is 0 Å². The van der Waals surface area contributed by atoms with Gasteiger partial charge < -0.3 is 28.4 Å². The lowest BCUT2D eigenvalue weighted by Gasteiger charge is -2.54. The third-order valence-electron chi connectivity index (χ3n) is 12.7. The number of ether oxygens (including phenoxy) is 6. The van der Waals surface area contributed by atoms with Crippen LogP contribution in [0.25, 0.3) is 0 Å². The molecule has 3 aliphatic carbocycles. The van der Waals surface area contributed by atoms with Crippen LogP contribution < -0.4 is 0 Å². The molecule has 222 valence electrons. The van der Waals surface area contributed by atoms with Gasteiger partial charge in [0.2, 0.25) is 0 Å². The SMILES string of the molecule is CC[C@@]12O[C@@H]([C@@H](C)[C@H]3CC[C@H]4[C@H]5C(=C[C@H](OC(C)=O)[C@]34C)[C@H](C)[C@]3(CCC(=O)O3)[C@H]3O[C@@H]53)C[C@@](C)(O1)C(C)(C)O2. The van der Waals surface area contributed by atoms with E-state index in [0.29, 0.717) is 25.2 Å². The van der Waals surface area contributed by atoms with Crippen LogP contribution in [0.2, 0.25) is 0 Å². The molecule has 8 nitrogen and oxygen atoms in total. The van der Waals surface area contributed by atoms with E-state index < -0.39 is 22.8 Å². The summed E-state index contributed by atoms with van der Waals surface area (Å²) in [7, 11) is 0. The maximum absolute atomic E-state index is 12.5. The fraction of sp³-hybridized carbons (Fsp3) is 0.875. The van der Waals surface area contributed by atoms with Crippen molar-refractivity contribution in [1.29, 1.82) is 0 Å². The first-order valence-electron chi connectivity index (χ1n) is 15.5. The van der Waals surface area contributed by atoms with Crippen molar-refractivity contribution >= 4 is 11.9 Å². The summed E-state index contributed by atoms with van der Waals surface area (Å²) in [6, 6.07) is 0. The Morgan fingerprint density at radius 3 is 2.58 bits per heavy atom. The summed E-state index contributed by atoms with van der Waals surface area (Å²) in [5, 5.41) is 0. The lowest BCUT2D eigenvalue weighted by molar-refractivity contribution is -0.396. The minimum atomic E-state index is -1.02. The molecule has 0 aromatic rings.